The molecule has 2 fully saturated rings. The van der Waals surface area contributed by atoms with Crippen molar-refractivity contribution in [1.82, 2.24) is 4.31 Å². The van der Waals surface area contributed by atoms with Gasteiger partial charge in [0.25, 0.3) is 0 Å². The predicted octanol–water partition coefficient (Wildman–Crippen LogP) is 4.98. The van der Waals surface area contributed by atoms with E-state index < -0.39 is 32.9 Å². The van der Waals surface area contributed by atoms with Crippen LogP contribution in [0, 0.1) is 18.8 Å². The van der Waals surface area contributed by atoms with Crippen molar-refractivity contribution in [3.05, 3.63) is 131 Å². The van der Waals surface area contributed by atoms with Crippen LogP contribution in [0.4, 0.5) is 5.69 Å². The van der Waals surface area contributed by atoms with Gasteiger partial charge in [0.15, 0.2) is 0 Å². The monoisotopic (exact) mass is 534 g/mol. The maximum atomic E-state index is 14.7. The molecule has 194 valence electrons. The molecule has 7 rings (SSSR count). The van der Waals surface area contributed by atoms with Crippen molar-refractivity contribution in [3.8, 4) is 0 Å². The molecule has 7 heteroatoms. The molecule has 0 aromatic heterocycles. The summed E-state index contributed by atoms with van der Waals surface area (Å²) in [6.07, 6.45) is 0. The topological polar surface area (TPSA) is 74.8 Å². The van der Waals surface area contributed by atoms with Gasteiger partial charge in [0.2, 0.25) is 21.8 Å². The molecule has 3 heterocycles. The second-order valence-electron chi connectivity index (χ2n) is 10.7. The Bertz CT molecular complexity index is 1760. The fraction of sp³-hybridized carbons (Fsp3) is 0.188. The Labute approximate surface area is 227 Å². The normalized spacial score (nSPS) is 27.6. The molecule has 2 saturated heterocycles. The van der Waals surface area contributed by atoms with E-state index in [9.17, 15) is 18.0 Å². The van der Waals surface area contributed by atoms with Crippen LogP contribution in [0.5, 0.6) is 0 Å². The lowest BCUT2D eigenvalue weighted by molar-refractivity contribution is -0.124. The number of fused-ring (bicyclic) bond motifs is 8. The van der Waals surface area contributed by atoms with E-state index in [0.29, 0.717) is 11.3 Å². The van der Waals surface area contributed by atoms with E-state index in [4.69, 9.17) is 0 Å². The molecule has 4 aromatic carbocycles. The average Bonchev–Trinajstić information content (AvgIpc) is 3.48. The van der Waals surface area contributed by atoms with Gasteiger partial charge in [-0.3, -0.25) is 9.59 Å². The highest BCUT2D eigenvalue weighted by Gasteiger charge is 2.81. The maximum absolute atomic E-state index is 14.7. The lowest BCUT2D eigenvalue weighted by Gasteiger charge is -2.40. The summed E-state index contributed by atoms with van der Waals surface area (Å²) in [5.41, 5.74) is 0.888. The van der Waals surface area contributed by atoms with Gasteiger partial charge in [-0.25, -0.2) is 13.3 Å². The molecule has 2 bridgehead atoms. The van der Waals surface area contributed by atoms with E-state index in [-0.39, 0.29) is 16.7 Å². The summed E-state index contributed by atoms with van der Waals surface area (Å²) in [5.74, 6) is -2.61. The van der Waals surface area contributed by atoms with Crippen LogP contribution in [0.25, 0.3) is 0 Å². The van der Waals surface area contributed by atoms with E-state index in [1.807, 2.05) is 74.5 Å². The second-order valence-corrected chi connectivity index (χ2v) is 12.5. The van der Waals surface area contributed by atoms with Crippen LogP contribution in [0.1, 0.15) is 29.2 Å². The number of benzene rings is 4. The highest BCUT2D eigenvalue weighted by molar-refractivity contribution is 7.89. The third kappa shape index (κ3) is 2.81. The zero-order valence-corrected chi connectivity index (χ0v) is 22.3. The number of hydrogen-bond donors (Lipinski definition) is 0. The largest absolute Gasteiger partial charge is 0.274 e. The molecule has 4 atom stereocenters. The Balaban J connectivity index is 1.57. The minimum Gasteiger partial charge on any atom is -0.274 e. The quantitative estimate of drug-likeness (QED) is 0.346. The van der Waals surface area contributed by atoms with Crippen LogP contribution in [0.3, 0.4) is 0 Å². The molecule has 4 aromatic rings. The minimum atomic E-state index is -4.18. The fourth-order valence-electron chi connectivity index (χ4n) is 7.32. The van der Waals surface area contributed by atoms with Crippen molar-refractivity contribution in [2.45, 2.75) is 29.8 Å². The lowest BCUT2D eigenvalue weighted by Crippen LogP contribution is -2.53. The number of carbonyl (C=O) groups is 2. The number of aryl methyl sites for hydroxylation is 1. The minimum absolute atomic E-state index is 0.132. The molecule has 4 unspecified atom stereocenters. The molecular formula is C32H26N2O4S. The van der Waals surface area contributed by atoms with Gasteiger partial charge in [0, 0.05) is 0 Å². The van der Waals surface area contributed by atoms with E-state index in [1.54, 1.807) is 48.5 Å². The highest BCUT2D eigenvalue weighted by atomic mass is 32.2. The summed E-state index contributed by atoms with van der Waals surface area (Å²) in [6, 6.07) is 32.5. The number of para-hydroxylation sites is 1. The van der Waals surface area contributed by atoms with Crippen LogP contribution in [-0.4, -0.2) is 24.5 Å². The first-order valence-electron chi connectivity index (χ1n) is 13.0. The molecular weight excluding hydrogens is 508 g/mol. The number of carbonyl (C=O) groups excluding carboxylic acids is 2. The molecule has 3 aliphatic heterocycles. The molecule has 0 N–H and O–H groups in total. The second kappa shape index (κ2) is 7.97. The van der Waals surface area contributed by atoms with E-state index in [1.165, 1.54) is 9.21 Å². The Morgan fingerprint density at radius 2 is 1.21 bits per heavy atom. The number of nitrogens with zero attached hydrogens (tertiary/aromatic N) is 2. The molecule has 0 radical (unpaired) electrons. The summed E-state index contributed by atoms with van der Waals surface area (Å²) in [7, 11) is -4.18. The number of sulfonamides is 1. The number of hydrogen-bond acceptors (Lipinski definition) is 4. The molecule has 39 heavy (non-hydrogen) atoms. The molecule has 0 aliphatic carbocycles. The SMILES string of the molecule is Cc1ccc(S(=O)(=O)N2C3(C)c4ccccc4C2(c2ccccc2)C2C(=O)N(c4ccccc4)C(=O)C23)cc1. The Hall–Kier alpha value is -4.07. The fourth-order valence-corrected chi connectivity index (χ4v) is 9.42. The van der Waals surface area contributed by atoms with Gasteiger partial charge in [0.05, 0.1) is 33.5 Å². The summed E-state index contributed by atoms with van der Waals surface area (Å²) in [6.45, 7) is 3.71. The van der Waals surface area contributed by atoms with Gasteiger partial charge in [-0.2, -0.15) is 4.31 Å². The maximum Gasteiger partial charge on any atom is 0.245 e. The summed E-state index contributed by atoms with van der Waals surface area (Å²) >= 11 is 0. The number of rotatable bonds is 4. The molecule has 0 spiro atoms. The van der Waals surface area contributed by atoms with Gasteiger partial charge >= 0.3 is 0 Å². The third-order valence-corrected chi connectivity index (χ3v) is 10.8. The number of imide groups is 1. The zero-order chi connectivity index (χ0) is 27.2. The van der Waals surface area contributed by atoms with Gasteiger partial charge in [-0.05, 0) is 54.8 Å². The van der Waals surface area contributed by atoms with Gasteiger partial charge < -0.3 is 0 Å². The standard InChI is InChI=1S/C32H26N2O4S/c1-21-17-19-24(20-18-21)39(37,38)34-31(2)25-15-9-10-16-26(25)32(34,22-11-5-3-6-12-22)28-27(31)29(35)33(30(28)36)23-13-7-4-8-14-23/h3-20,27-28H,1-2H3. The van der Waals surface area contributed by atoms with E-state index in [0.717, 1.165) is 16.7 Å². The third-order valence-electron chi connectivity index (χ3n) is 8.77. The van der Waals surface area contributed by atoms with E-state index in [2.05, 4.69) is 0 Å². The highest BCUT2D eigenvalue weighted by Crippen LogP contribution is 2.71. The zero-order valence-electron chi connectivity index (χ0n) is 21.5. The number of anilines is 1. The first-order chi connectivity index (χ1) is 18.7. The van der Waals surface area contributed by atoms with Crippen LogP contribution in [0.15, 0.2) is 114 Å². The van der Waals surface area contributed by atoms with Crippen molar-refractivity contribution in [2.75, 3.05) is 4.90 Å². The van der Waals surface area contributed by atoms with Crippen LogP contribution in [0.2, 0.25) is 0 Å². The molecule has 6 nitrogen and oxygen atoms in total. The van der Waals surface area contributed by atoms with Gasteiger partial charge in [-0.15, -0.1) is 0 Å². The van der Waals surface area contributed by atoms with Crippen molar-refractivity contribution in [1.29, 1.82) is 0 Å². The first-order valence-corrected chi connectivity index (χ1v) is 14.4. The summed E-state index contributed by atoms with van der Waals surface area (Å²) in [4.78, 5) is 30.2. The smallest absolute Gasteiger partial charge is 0.245 e. The van der Waals surface area contributed by atoms with Gasteiger partial charge in [0.1, 0.15) is 0 Å². The predicted molar refractivity (Wildman–Crippen MR) is 147 cm³/mol. The summed E-state index contributed by atoms with van der Waals surface area (Å²) in [5, 5.41) is 0. The van der Waals surface area contributed by atoms with Crippen molar-refractivity contribution < 1.29 is 18.0 Å². The Morgan fingerprint density at radius 3 is 1.85 bits per heavy atom. The van der Waals surface area contributed by atoms with Crippen LogP contribution < -0.4 is 4.90 Å². The van der Waals surface area contributed by atoms with Crippen molar-refractivity contribution in [2.24, 2.45) is 11.8 Å². The first kappa shape index (κ1) is 24.0. The van der Waals surface area contributed by atoms with Crippen molar-refractivity contribution in [3.63, 3.8) is 0 Å². The van der Waals surface area contributed by atoms with Crippen molar-refractivity contribution >= 4 is 27.5 Å². The van der Waals surface area contributed by atoms with Gasteiger partial charge in [-0.1, -0.05) is 90.5 Å². The lowest BCUT2D eigenvalue weighted by atomic mass is 9.63. The van der Waals surface area contributed by atoms with Crippen LogP contribution >= 0.6 is 0 Å². The molecule has 3 aliphatic rings. The molecule has 2 amide bonds. The summed E-state index contributed by atoms with van der Waals surface area (Å²) < 4.78 is 31.0. The Kier molecular flexibility index (Phi) is 4.91. The van der Waals surface area contributed by atoms with Crippen LogP contribution in [-0.2, 0) is 30.7 Å². The molecule has 0 saturated carbocycles. The Morgan fingerprint density at radius 1 is 0.667 bits per heavy atom. The average molecular weight is 535 g/mol. The van der Waals surface area contributed by atoms with E-state index >= 15 is 0 Å². The number of amides is 2.